The molecule has 0 amide bonds. The molecule has 2 aromatic heterocycles. The molecule has 0 atom stereocenters. The largest absolute Gasteiger partial charge is 0.358 e. The van der Waals surface area contributed by atoms with Crippen molar-refractivity contribution in [3.63, 3.8) is 0 Å². The van der Waals surface area contributed by atoms with Gasteiger partial charge in [0.2, 0.25) is 0 Å². The molecule has 1 aliphatic carbocycles. The van der Waals surface area contributed by atoms with Crippen molar-refractivity contribution >= 4 is 5.78 Å². The van der Waals surface area contributed by atoms with Crippen LogP contribution in [0.2, 0.25) is 0 Å². The second kappa shape index (κ2) is 5.99. The molecule has 0 aliphatic heterocycles. The lowest BCUT2D eigenvalue weighted by Crippen LogP contribution is -2.27. The van der Waals surface area contributed by atoms with Crippen LogP contribution in [0.5, 0.6) is 0 Å². The predicted octanol–water partition coefficient (Wildman–Crippen LogP) is 4.82. The molecular formula is C22H22N2O. The van der Waals surface area contributed by atoms with Gasteiger partial charge in [-0.1, -0.05) is 44.2 Å². The van der Waals surface area contributed by atoms with Gasteiger partial charge in [0, 0.05) is 42.1 Å². The zero-order valence-corrected chi connectivity index (χ0v) is 14.7. The first kappa shape index (κ1) is 15.8. The number of aromatic nitrogens is 2. The Hall–Kier alpha value is -2.68. The molecule has 0 fully saturated rings. The van der Waals surface area contributed by atoms with Gasteiger partial charge in [-0.2, -0.15) is 0 Å². The van der Waals surface area contributed by atoms with Crippen LogP contribution in [0.3, 0.4) is 0 Å². The van der Waals surface area contributed by atoms with E-state index in [1.165, 1.54) is 5.56 Å². The molecule has 3 heteroatoms. The highest BCUT2D eigenvalue weighted by molar-refractivity contribution is 6.02. The van der Waals surface area contributed by atoms with Crippen LogP contribution in [-0.4, -0.2) is 15.8 Å². The minimum absolute atomic E-state index is 0.00840. The third-order valence-corrected chi connectivity index (χ3v) is 4.95. The van der Waals surface area contributed by atoms with Crippen molar-refractivity contribution in [2.75, 3.05) is 0 Å². The van der Waals surface area contributed by atoms with Crippen LogP contribution < -0.4 is 0 Å². The van der Waals surface area contributed by atoms with Gasteiger partial charge in [-0.05, 0) is 35.1 Å². The first-order valence-corrected chi connectivity index (χ1v) is 8.75. The first-order valence-electron chi connectivity index (χ1n) is 8.75. The highest BCUT2D eigenvalue weighted by Crippen LogP contribution is 2.40. The van der Waals surface area contributed by atoms with E-state index in [0.717, 1.165) is 40.9 Å². The van der Waals surface area contributed by atoms with E-state index >= 15 is 0 Å². The number of hydrogen-bond acceptors (Lipinski definition) is 2. The smallest absolute Gasteiger partial charge is 0.165 e. The monoisotopic (exact) mass is 330 g/mol. The van der Waals surface area contributed by atoms with Gasteiger partial charge in [0.05, 0.1) is 5.69 Å². The zero-order chi connectivity index (χ0) is 17.4. The Morgan fingerprint density at radius 1 is 1.04 bits per heavy atom. The molecular weight excluding hydrogens is 308 g/mol. The lowest BCUT2D eigenvalue weighted by Gasteiger charge is -2.28. The number of nitrogens with zero attached hydrogens (tertiary/aromatic N) is 1. The van der Waals surface area contributed by atoms with Crippen molar-refractivity contribution in [1.29, 1.82) is 0 Å². The molecule has 0 radical (unpaired) electrons. The molecule has 3 nitrogen and oxygen atoms in total. The normalized spacial score (nSPS) is 15.8. The van der Waals surface area contributed by atoms with E-state index in [2.05, 4.69) is 35.9 Å². The van der Waals surface area contributed by atoms with E-state index in [1.54, 1.807) is 12.4 Å². The van der Waals surface area contributed by atoms with E-state index < -0.39 is 0 Å². The van der Waals surface area contributed by atoms with Crippen LogP contribution in [0, 0.1) is 5.41 Å². The van der Waals surface area contributed by atoms with Crippen LogP contribution in [0.1, 0.15) is 47.4 Å². The lowest BCUT2D eigenvalue weighted by molar-refractivity contribution is 0.0911. The van der Waals surface area contributed by atoms with Crippen molar-refractivity contribution in [3.8, 4) is 11.3 Å². The molecule has 0 spiro atoms. The van der Waals surface area contributed by atoms with Gasteiger partial charge < -0.3 is 4.98 Å². The summed E-state index contributed by atoms with van der Waals surface area (Å²) < 4.78 is 0. The molecule has 1 N–H and O–H groups in total. The molecule has 0 unspecified atom stereocenters. The summed E-state index contributed by atoms with van der Waals surface area (Å²) in [6, 6.07) is 14.4. The van der Waals surface area contributed by atoms with Gasteiger partial charge in [-0.15, -0.1) is 0 Å². The number of ketones is 1. The van der Waals surface area contributed by atoms with Crippen LogP contribution in [0.4, 0.5) is 0 Å². The molecule has 4 rings (SSSR count). The average Bonchev–Trinajstić information content (AvgIpc) is 2.93. The second-order valence-electron chi connectivity index (χ2n) is 7.67. The number of hydrogen-bond donors (Lipinski definition) is 1. The molecule has 0 bridgehead atoms. The number of aromatic amines is 1. The molecule has 0 saturated carbocycles. The molecule has 1 aromatic carbocycles. The number of pyridine rings is 1. The fraction of sp³-hybridized carbons (Fsp3) is 0.273. The van der Waals surface area contributed by atoms with Crippen molar-refractivity contribution in [2.24, 2.45) is 5.41 Å². The quantitative estimate of drug-likeness (QED) is 0.748. The van der Waals surface area contributed by atoms with Crippen molar-refractivity contribution in [3.05, 3.63) is 77.2 Å². The van der Waals surface area contributed by atoms with Gasteiger partial charge in [0.25, 0.3) is 0 Å². The fourth-order valence-corrected chi connectivity index (χ4v) is 3.87. The number of rotatable bonds is 3. The minimum Gasteiger partial charge on any atom is -0.358 e. The fourth-order valence-electron chi connectivity index (χ4n) is 3.87. The summed E-state index contributed by atoms with van der Waals surface area (Å²) in [7, 11) is 0. The van der Waals surface area contributed by atoms with Gasteiger partial charge in [0.1, 0.15) is 0 Å². The third-order valence-electron chi connectivity index (χ3n) is 4.95. The van der Waals surface area contributed by atoms with E-state index in [9.17, 15) is 4.79 Å². The summed E-state index contributed by atoms with van der Waals surface area (Å²) >= 11 is 0. The summed E-state index contributed by atoms with van der Waals surface area (Å²) in [5, 5.41) is 0. The third kappa shape index (κ3) is 3.02. The number of benzene rings is 1. The zero-order valence-electron chi connectivity index (χ0n) is 14.7. The topological polar surface area (TPSA) is 45.8 Å². The Kier molecular flexibility index (Phi) is 3.79. The van der Waals surface area contributed by atoms with Crippen LogP contribution >= 0.6 is 0 Å². The van der Waals surface area contributed by atoms with E-state index in [0.29, 0.717) is 6.42 Å². The molecule has 3 aromatic rings. The van der Waals surface area contributed by atoms with Crippen molar-refractivity contribution < 1.29 is 4.79 Å². The number of nitrogens with one attached hydrogen (secondary N) is 1. The number of carbonyl (C=O) groups excluding carboxylic acids is 1. The standard InChI is InChI=1S/C22H22N2O/c1-22(2)13-18-20(19(25)14-22)17(12-15-6-4-3-5-7-15)21(24-18)16-8-10-23-11-9-16/h3-11,24H,12-14H2,1-2H3. The highest BCUT2D eigenvalue weighted by Gasteiger charge is 2.35. The number of carbonyl (C=O) groups is 1. The maximum atomic E-state index is 12.9. The maximum Gasteiger partial charge on any atom is 0.165 e. The SMILES string of the molecule is CC1(C)CC(=O)c2c([nH]c(-c3ccncc3)c2Cc2ccccc2)C1. The molecule has 126 valence electrons. The van der Waals surface area contributed by atoms with Crippen LogP contribution in [-0.2, 0) is 12.8 Å². The number of H-pyrrole nitrogens is 1. The van der Waals surface area contributed by atoms with Crippen molar-refractivity contribution in [1.82, 2.24) is 9.97 Å². The van der Waals surface area contributed by atoms with Gasteiger partial charge in [0.15, 0.2) is 5.78 Å². The maximum absolute atomic E-state index is 12.9. The summed E-state index contributed by atoms with van der Waals surface area (Å²) in [5.41, 5.74) is 6.48. The van der Waals surface area contributed by atoms with E-state index in [-0.39, 0.29) is 11.2 Å². The Morgan fingerprint density at radius 3 is 2.48 bits per heavy atom. The molecule has 1 aliphatic rings. The lowest BCUT2D eigenvalue weighted by atomic mass is 9.75. The molecule has 0 saturated heterocycles. The van der Waals surface area contributed by atoms with Gasteiger partial charge in [-0.3, -0.25) is 9.78 Å². The summed E-state index contributed by atoms with van der Waals surface area (Å²) in [4.78, 5) is 20.6. The van der Waals surface area contributed by atoms with Crippen LogP contribution in [0.25, 0.3) is 11.3 Å². The van der Waals surface area contributed by atoms with E-state index in [4.69, 9.17) is 0 Å². The van der Waals surface area contributed by atoms with E-state index in [1.807, 2.05) is 30.3 Å². The van der Waals surface area contributed by atoms with Gasteiger partial charge in [-0.25, -0.2) is 0 Å². The molecule has 25 heavy (non-hydrogen) atoms. The number of Topliss-reactive ketones (excluding diaryl/α,β-unsaturated/α-hetero) is 1. The highest BCUT2D eigenvalue weighted by atomic mass is 16.1. The summed E-state index contributed by atoms with van der Waals surface area (Å²) in [5.74, 6) is 0.258. The Bertz CT molecular complexity index is 908. The average molecular weight is 330 g/mol. The predicted molar refractivity (Wildman–Crippen MR) is 99.7 cm³/mol. The summed E-state index contributed by atoms with van der Waals surface area (Å²) in [6.07, 6.45) is 5.87. The Labute approximate surface area is 148 Å². The Balaban J connectivity index is 1.88. The first-order chi connectivity index (χ1) is 12.0. The second-order valence-corrected chi connectivity index (χ2v) is 7.67. The molecule has 2 heterocycles. The Morgan fingerprint density at radius 2 is 1.76 bits per heavy atom. The van der Waals surface area contributed by atoms with Crippen LogP contribution in [0.15, 0.2) is 54.9 Å². The minimum atomic E-state index is 0.00840. The number of fused-ring (bicyclic) bond motifs is 1. The van der Waals surface area contributed by atoms with Gasteiger partial charge >= 0.3 is 0 Å². The van der Waals surface area contributed by atoms with Crippen molar-refractivity contribution in [2.45, 2.75) is 33.1 Å². The summed E-state index contributed by atoms with van der Waals surface area (Å²) in [6.45, 7) is 4.33.